The van der Waals surface area contributed by atoms with E-state index in [2.05, 4.69) is 5.92 Å². The molecule has 0 bridgehead atoms. The zero-order valence-corrected chi connectivity index (χ0v) is 18.3. The number of carbonyl (C=O) groups is 3. The number of terminal acetylenes is 1. The molecule has 1 saturated heterocycles. The minimum Gasteiger partial charge on any atom is -0.480 e. The molecule has 32 heavy (non-hydrogen) atoms. The molecular formula is C20H34N4O8. The minimum absolute atomic E-state index is 0.0581. The Morgan fingerprint density at radius 1 is 0.750 bits per heavy atom. The fraction of sp³-hybridized carbons (Fsp3) is 0.750. The van der Waals surface area contributed by atoms with Crippen LogP contribution in [0.5, 0.6) is 0 Å². The molecule has 0 aromatic carbocycles. The average Bonchev–Trinajstić information content (AvgIpc) is 2.69. The quantitative estimate of drug-likeness (QED) is 0.191. The molecule has 1 fully saturated rings. The minimum atomic E-state index is -1.00. The number of aliphatic hydroxyl groups excluding tert-OH is 1. The van der Waals surface area contributed by atoms with Gasteiger partial charge in [-0.15, -0.1) is 6.42 Å². The Bertz CT molecular complexity index is 610. The number of rotatable bonds is 11. The summed E-state index contributed by atoms with van der Waals surface area (Å²) < 4.78 is 5.17. The van der Waals surface area contributed by atoms with E-state index in [9.17, 15) is 29.7 Å². The van der Waals surface area contributed by atoms with Gasteiger partial charge in [-0.1, -0.05) is 5.92 Å². The molecule has 1 aliphatic heterocycles. The van der Waals surface area contributed by atoms with Gasteiger partial charge in [-0.05, 0) is 0 Å². The van der Waals surface area contributed by atoms with Crippen LogP contribution in [0, 0.1) is 12.3 Å². The zero-order valence-electron chi connectivity index (χ0n) is 18.3. The average molecular weight is 459 g/mol. The van der Waals surface area contributed by atoms with E-state index in [0.717, 1.165) is 0 Å². The highest BCUT2D eigenvalue weighted by molar-refractivity contribution is 5.69. The van der Waals surface area contributed by atoms with E-state index in [1.807, 2.05) is 4.90 Å². The number of β-amino-alcohol motifs (C(OH)–C–C–N with tert-alkyl or cyclic N) is 1. The summed E-state index contributed by atoms with van der Waals surface area (Å²) in [6, 6.07) is 0. The maximum absolute atomic E-state index is 11.3. The molecule has 0 radical (unpaired) electrons. The van der Waals surface area contributed by atoms with Crippen molar-refractivity contribution >= 4 is 17.9 Å². The lowest BCUT2D eigenvalue weighted by atomic mass is 10.3. The van der Waals surface area contributed by atoms with E-state index >= 15 is 0 Å². The van der Waals surface area contributed by atoms with Crippen molar-refractivity contribution in [3.8, 4) is 12.3 Å². The Morgan fingerprint density at radius 3 is 1.41 bits per heavy atom. The summed E-state index contributed by atoms with van der Waals surface area (Å²) in [5.41, 5.74) is 0. The summed E-state index contributed by atoms with van der Waals surface area (Å²) in [5.74, 6) is -0.642. The van der Waals surface area contributed by atoms with Crippen LogP contribution >= 0.6 is 0 Å². The lowest BCUT2D eigenvalue weighted by Gasteiger charge is -2.33. The van der Waals surface area contributed by atoms with E-state index in [-0.39, 0.29) is 39.4 Å². The van der Waals surface area contributed by atoms with E-state index < -0.39 is 24.0 Å². The van der Waals surface area contributed by atoms with E-state index in [1.54, 1.807) is 14.7 Å². The molecule has 1 aliphatic rings. The summed E-state index contributed by atoms with van der Waals surface area (Å²) in [4.78, 5) is 40.8. The van der Waals surface area contributed by atoms with Crippen LogP contribution < -0.4 is 0 Å². The second kappa shape index (κ2) is 15.5. The van der Waals surface area contributed by atoms with Gasteiger partial charge >= 0.3 is 17.9 Å². The molecular weight excluding hydrogens is 424 g/mol. The first-order valence-electron chi connectivity index (χ1n) is 10.4. The number of aliphatic carboxylic acids is 3. The number of ether oxygens (including phenoxy) is 1. The number of hydrogen-bond acceptors (Lipinski definition) is 9. The first-order valence-corrected chi connectivity index (χ1v) is 10.4. The topological polar surface area (TPSA) is 154 Å². The maximum atomic E-state index is 11.3. The van der Waals surface area contributed by atoms with Gasteiger partial charge in [0.15, 0.2) is 0 Å². The molecule has 1 unspecified atom stereocenters. The molecule has 0 saturated carbocycles. The SMILES string of the molecule is C#CCOCC(O)CN1CCN(CC(=O)O)CCN(CC(=O)O)CCN(CC(=O)O)CC1. The third-order valence-electron chi connectivity index (χ3n) is 4.97. The third kappa shape index (κ3) is 13.2. The van der Waals surface area contributed by atoms with Crippen molar-refractivity contribution in [3.63, 3.8) is 0 Å². The molecule has 0 aliphatic carbocycles. The molecule has 12 heteroatoms. The predicted molar refractivity (Wildman–Crippen MR) is 114 cm³/mol. The Balaban J connectivity index is 2.89. The van der Waals surface area contributed by atoms with Gasteiger partial charge in [0.05, 0.1) is 32.3 Å². The van der Waals surface area contributed by atoms with Gasteiger partial charge in [-0.3, -0.25) is 34.0 Å². The van der Waals surface area contributed by atoms with Crippen molar-refractivity contribution < 1.29 is 39.5 Å². The lowest BCUT2D eigenvalue weighted by molar-refractivity contribution is -0.140. The standard InChI is InChI=1S/C20H34N4O8/c1-2-11-32-16-17(25)12-21-3-5-22(13-18(26)27)7-9-24(15-20(30)31)10-8-23(6-4-21)14-19(28)29/h1,17,25H,3-16H2,(H,26,27)(H,28,29)(H,30,31). The van der Waals surface area contributed by atoms with Crippen LogP contribution in [0.25, 0.3) is 0 Å². The predicted octanol–water partition coefficient (Wildman–Crippen LogP) is -2.53. The summed E-state index contributed by atoms with van der Waals surface area (Å²) in [5, 5.41) is 37.8. The highest BCUT2D eigenvalue weighted by atomic mass is 16.5. The second-order valence-corrected chi connectivity index (χ2v) is 7.68. The Morgan fingerprint density at radius 2 is 1.09 bits per heavy atom. The van der Waals surface area contributed by atoms with Crippen LogP contribution in [0.3, 0.4) is 0 Å². The van der Waals surface area contributed by atoms with Gasteiger partial charge in [0.25, 0.3) is 0 Å². The van der Waals surface area contributed by atoms with E-state index in [0.29, 0.717) is 52.4 Å². The van der Waals surface area contributed by atoms with Crippen molar-refractivity contribution in [2.45, 2.75) is 6.10 Å². The summed E-state index contributed by atoms with van der Waals surface area (Å²) in [6.07, 6.45) is 4.33. The van der Waals surface area contributed by atoms with Gasteiger partial charge in [0.1, 0.15) is 6.61 Å². The molecule has 0 aromatic heterocycles. The van der Waals surface area contributed by atoms with Crippen LogP contribution in [0.2, 0.25) is 0 Å². The van der Waals surface area contributed by atoms with Gasteiger partial charge in [-0.2, -0.15) is 0 Å². The fourth-order valence-corrected chi connectivity index (χ4v) is 3.41. The second-order valence-electron chi connectivity index (χ2n) is 7.68. The van der Waals surface area contributed by atoms with E-state index in [4.69, 9.17) is 16.3 Å². The molecule has 182 valence electrons. The van der Waals surface area contributed by atoms with Crippen LogP contribution in [0.15, 0.2) is 0 Å². The maximum Gasteiger partial charge on any atom is 0.317 e. The van der Waals surface area contributed by atoms with Crippen LogP contribution in [0.4, 0.5) is 0 Å². The largest absolute Gasteiger partial charge is 0.480 e. The molecule has 12 nitrogen and oxygen atoms in total. The van der Waals surface area contributed by atoms with Crippen molar-refractivity contribution in [3.05, 3.63) is 0 Å². The van der Waals surface area contributed by atoms with E-state index in [1.165, 1.54) is 0 Å². The monoisotopic (exact) mass is 458 g/mol. The summed E-state index contributed by atoms with van der Waals surface area (Å²) in [6.45, 7) is 2.86. The highest BCUT2D eigenvalue weighted by Gasteiger charge is 2.21. The third-order valence-corrected chi connectivity index (χ3v) is 4.97. The lowest BCUT2D eigenvalue weighted by Crippen LogP contribution is -2.49. The summed E-state index contributed by atoms with van der Waals surface area (Å²) >= 11 is 0. The zero-order chi connectivity index (χ0) is 23.9. The normalized spacial score (nSPS) is 19.4. The van der Waals surface area contributed by atoms with Crippen molar-refractivity contribution in [2.24, 2.45) is 0 Å². The molecule has 4 N–H and O–H groups in total. The fourth-order valence-electron chi connectivity index (χ4n) is 3.41. The molecule has 1 heterocycles. The smallest absolute Gasteiger partial charge is 0.317 e. The number of hydrogen-bond donors (Lipinski definition) is 4. The number of carboxylic acids is 3. The van der Waals surface area contributed by atoms with Crippen LogP contribution in [0.1, 0.15) is 0 Å². The molecule has 1 atom stereocenters. The van der Waals surface area contributed by atoms with Gasteiger partial charge in [-0.25, -0.2) is 0 Å². The highest BCUT2D eigenvalue weighted by Crippen LogP contribution is 2.03. The first kappa shape index (κ1) is 27.8. The van der Waals surface area contributed by atoms with Crippen molar-refractivity contribution in [2.75, 3.05) is 91.8 Å². The first-order chi connectivity index (χ1) is 15.2. The van der Waals surface area contributed by atoms with Crippen LogP contribution in [-0.2, 0) is 19.1 Å². The summed E-state index contributed by atoms with van der Waals surface area (Å²) in [7, 11) is 0. The van der Waals surface area contributed by atoms with Gasteiger partial charge in [0.2, 0.25) is 0 Å². The van der Waals surface area contributed by atoms with Crippen LogP contribution in [-0.4, -0.2) is 156 Å². The molecule has 0 spiro atoms. The van der Waals surface area contributed by atoms with Gasteiger partial charge in [0, 0.05) is 58.9 Å². The van der Waals surface area contributed by atoms with Gasteiger partial charge < -0.3 is 25.2 Å². The Kier molecular flexibility index (Phi) is 13.5. The Labute approximate surface area is 187 Å². The number of carboxylic acid groups (broad SMARTS) is 3. The van der Waals surface area contributed by atoms with Crippen molar-refractivity contribution in [1.82, 2.24) is 19.6 Å². The Hall–Kier alpha value is -2.27. The van der Waals surface area contributed by atoms with Crippen molar-refractivity contribution in [1.29, 1.82) is 0 Å². The molecule has 1 rings (SSSR count). The molecule has 0 aromatic rings. The number of aliphatic hydroxyl groups is 1. The molecule has 0 amide bonds. The number of nitrogens with zero attached hydrogens (tertiary/aromatic N) is 4.